The molecule has 2 saturated carbocycles. The Morgan fingerprint density at radius 1 is 1.25 bits per heavy atom. The third-order valence-electron chi connectivity index (χ3n) is 6.01. The highest BCUT2D eigenvalue weighted by atomic mass is 32.2. The summed E-state index contributed by atoms with van der Waals surface area (Å²) < 4.78 is 33.3. The summed E-state index contributed by atoms with van der Waals surface area (Å²) in [7, 11) is -4.11. The van der Waals surface area contributed by atoms with Gasteiger partial charge in [0.1, 0.15) is 26.9 Å². The van der Waals surface area contributed by atoms with Gasteiger partial charge < -0.3 is 4.55 Å². The molecule has 0 aromatic carbocycles. The minimum atomic E-state index is -4.49. The van der Waals surface area contributed by atoms with E-state index in [1.807, 2.05) is 13.8 Å². The van der Waals surface area contributed by atoms with Gasteiger partial charge in [-0.25, -0.2) is 8.42 Å². The molecule has 2 aliphatic carbocycles. The van der Waals surface area contributed by atoms with Crippen LogP contribution < -0.4 is 0 Å². The topological polar surface area (TPSA) is 91.3 Å². The van der Waals surface area contributed by atoms with Crippen molar-refractivity contribution in [3.05, 3.63) is 0 Å². The summed E-state index contributed by atoms with van der Waals surface area (Å²) in [5, 5.41) is -1.30. The Morgan fingerprint density at radius 2 is 1.75 bits per heavy atom. The van der Waals surface area contributed by atoms with Crippen molar-refractivity contribution >= 4 is 32.6 Å². The molecule has 7 heteroatoms. The quantitative estimate of drug-likeness (QED) is 0.540. The van der Waals surface area contributed by atoms with Gasteiger partial charge in [0, 0.05) is 5.41 Å². The normalized spacial score (nSPS) is 31.1. The zero-order valence-corrected chi connectivity index (χ0v) is 17.2. The van der Waals surface area contributed by atoms with Crippen LogP contribution in [0.1, 0.15) is 54.4 Å². The summed E-state index contributed by atoms with van der Waals surface area (Å²) >= 11 is 0. The minimum Gasteiger partial charge on any atom is -0.747 e. The second-order valence-electron chi connectivity index (χ2n) is 7.51. The van der Waals surface area contributed by atoms with Crippen molar-refractivity contribution in [3.63, 3.8) is 0 Å². The summed E-state index contributed by atoms with van der Waals surface area (Å²) in [4.78, 5) is 22.6. The van der Waals surface area contributed by atoms with Gasteiger partial charge in [-0.15, -0.1) is 0 Å². The number of Topliss-reactive ketones (excluding diaryl/α,β-unsaturated/α-hetero) is 2. The number of hydrogen-bond acceptors (Lipinski definition) is 5. The van der Waals surface area contributed by atoms with Gasteiger partial charge in [-0.2, -0.15) is 0 Å². The molecule has 0 N–H and O–H groups in total. The molecule has 5 nitrogen and oxygen atoms in total. The van der Waals surface area contributed by atoms with Crippen molar-refractivity contribution in [1.29, 1.82) is 0 Å². The van der Waals surface area contributed by atoms with Crippen LogP contribution in [0.25, 0.3) is 0 Å². The second kappa shape index (κ2) is 7.46. The van der Waals surface area contributed by atoms with Crippen molar-refractivity contribution in [3.8, 4) is 0 Å². The van der Waals surface area contributed by atoms with Crippen LogP contribution in [-0.4, -0.2) is 47.0 Å². The van der Waals surface area contributed by atoms with Gasteiger partial charge in [0.15, 0.2) is 17.3 Å². The SMILES string of the molecule is CC12CCC(C(S(=O)(=O)[O-])C1=O)C2(C)C.CC[S+](CC)CC(C)=O. The summed E-state index contributed by atoms with van der Waals surface area (Å²) in [6.45, 7) is 11.6. The molecule has 2 aliphatic rings. The van der Waals surface area contributed by atoms with Crippen LogP contribution >= 0.6 is 0 Å². The van der Waals surface area contributed by atoms with E-state index in [-0.39, 0.29) is 17.1 Å². The summed E-state index contributed by atoms with van der Waals surface area (Å²) in [5.74, 6) is 2.80. The highest BCUT2D eigenvalue weighted by Gasteiger charge is 2.67. The number of carbonyl (C=O) groups excluding carboxylic acids is 2. The predicted octanol–water partition coefficient (Wildman–Crippen LogP) is 2.16. The Kier molecular flexibility index (Phi) is 6.73. The molecule has 2 bridgehead atoms. The summed E-state index contributed by atoms with van der Waals surface area (Å²) in [6, 6.07) is 0. The first-order valence-electron chi connectivity index (χ1n) is 8.45. The predicted molar refractivity (Wildman–Crippen MR) is 97.1 cm³/mol. The molecule has 0 saturated heterocycles. The average Bonchev–Trinajstić information content (AvgIpc) is 2.76. The number of carbonyl (C=O) groups is 2. The smallest absolute Gasteiger partial charge is 0.178 e. The Labute approximate surface area is 149 Å². The maximum absolute atomic E-state index is 12.0. The first-order chi connectivity index (χ1) is 10.8. The molecular formula is C17H30O5S2. The van der Waals surface area contributed by atoms with E-state index < -0.39 is 20.8 Å². The van der Waals surface area contributed by atoms with Gasteiger partial charge in [0.25, 0.3) is 0 Å². The molecule has 0 aromatic rings. The van der Waals surface area contributed by atoms with Crippen molar-refractivity contribution in [2.75, 3.05) is 17.3 Å². The molecule has 0 spiro atoms. The molecule has 2 fully saturated rings. The van der Waals surface area contributed by atoms with Gasteiger partial charge in [-0.3, -0.25) is 9.59 Å². The molecule has 3 atom stereocenters. The van der Waals surface area contributed by atoms with E-state index in [1.165, 1.54) is 0 Å². The van der Waals surface area contributed by atoms with Gasteiger partial charge >= 0.3 is 0 Å². The highest BCUT2D eigenvalue weighted by Crippen LogP contribution is 2.64. The maximum atomic E-state index is 12.0. The Balaban J connectivity index is 0.000000277. The molecule has 0 aliphatic heterocycles. The van der Waals surface area contributed by atoms with Crippen LogP contribution in [0, 0.1) is 16.7 Å². The third-order valence-corrected chi connectivity index (χ3v) is 9.62. The van der Waals surface area contributed by atoms with Crippen molar-refractivity contribution < 1.29 is 22.6 Å². The molecule has 3 unspecified atom stereocenters. The lowest BCUT2D eigenvalue weighted by Crippen LogP contribution is -2.38. The lowest BCUT2D eigenvalue weighted by molar-refractivity contribution is -0.128. The lowest BCUT2D eigenvalue weighted by Gasteiger charge is -2.32. The fraction of sp³-hybridized carbons (Fsp3) is 0.882. The molecule has 24 heavy (non-hydrogen) atoms. The molecule has 0 amide bonds. The van der Waals surface area contributed by atoms with Crippen LogP contribution in [0.15, 0.2) is 0 Å². The van der Waals surface area contributed by atoms with Gasteiger partial charge in [-0.1, -0.05) is 20.8 Å². The van der Waals surface area contributed by atoms with E-state index in [1.54, 1.807) is 13.8 Å². The molecular weight excluding hydrogens is 348 g/mol. The van der Waals surface area contributed by atoms with E-state index in [4.69, 9.17) is 0 Å². The fourth-order valence-corrected chi connectivity index (χ4v) is 6.82. The minimum absolute atomic E-state index is 0.294. The zero-order valence-electron chi connectivity index (χ0n) is 15.5. The highest BCUT2D eigenvalue weighted by molar-refractivity contribution is 7.97. The Bertz CT molecular complexity index is 592. The molecule has 2 rings (SSSR count). The van der Waals surface area contributed by atoms with Crippen molar-refractivity contribution in [2.24, 2.45) is 16.7 Å². The first kappa shape index (κ1) is 21.6. The van der Waals surface area contributed by atoms with Crippen LogP contribution in [0.4, 0.5) is 0 Å². The standard InChI is InChI=1S/C10H16O4S.C7H15OS/c1-9(2)6-4-5-10(9,3)8(11)7(6)15(12,13)14;1-4-9(5-2)6-7(3)8/h6-7H,4-5H2,1-3H3,(H,12,13,14);4-6H2,1-3H3/q;+1/p-1. The van der Waals surface area contributed by atoms with E-state index in [2.05, 4.69) is 13.8 Å². The zero-order chi connectivity index (χ0) is 18.9. The largest absolute Gasteiger partial charge is 0.747 e. The monoisotopic (exact) mass is 378 g/mol. The Morgan fingerprint density at radius 3 is 1.96 bits per heavy atom. The molecule has 0 aromatic heterocycles. The molecule has 0 heterocycles. The number of fused-ring (bicyclic) bond motifs is 2. The number of hydrogen-bond donors (Lipinski definition) is 0. The Hall–Kier alpha value is -0.400. The number of ketones is 2. The van der Waals surface area contributed by atoms with Gasteiger partial charge in [0.2, 0.25) is 0 Å². The van der Waals surface area contributed by atoms with Crippen LogP contribution in [0.5, 0.6) is 0 Å². The van der Waals surface area contributed by atoms with E-state index in [0.717, 1.165) is 17.3 Å². The second-order valence-corrected chi connectivity index (χ2v) is 11.7. The van der Waals surface area contributed by atoms with Gasteiger partial charge in [0.05, 0.1) is 0 Å². The first-order valence-corrected chi connectivity index (χ1v) is 11.7. The fourth-order valence-electron chi connectivity index (χ4n) is 4.03. The van der Waals surface area contributed by atoms with Crippen LogP contribution in [0.3, 0.4) is 0 Å². The average molecular weight is 379 g/mol. The van der Waals surface area contributed by atoms with E-state index in [0.29, 0.717) is 29.5 Å². The van der Waals surface area contributed by atoms with Crippen LogP contribution in [-0.2, 0) is 30.6 Å². The summed E-state index contributed by atoms with van der Waals surface area (Å²) in [5.41, 5.74) is -0.994. The maximum Gasteiger partial charge on any atom is 0.178 e. The lowest BCUT2D eigenvalue weighted by atomic mass is 9.70. The molecule has 140 valence electrons. The van der Waals surface area contributed by atoms with Crippen molar-refractivity contribution in [1.82, 2.24) is 0 Å². The van der Waals surface area contributed by atoms with Gasteiger partial charge in [-0.05, 0) is 55.8 Å². The number of rotatable bonds is 5. The summed E-state index contributed by atoms with van der Waals surface area (Å²) in [6.07, 6.45) is 1.37. The van der Waals surface area contributed by atoms with Crippen molar-refractivity contribution in [2.45, 2.75) is 59.6 Å². The van der Waals surface area contributed by atoms with E-state index >= 15 is 0 Å². The molecule has 0 radical (unpaired) electrons. The third kappa shape index (κ3) is 3.88. The van der Waals surface area contributed by atoms with Crippen LogP contribution in [0.2, 0.25) is 0 Å². The van der Waals surface area contributed by atoms with E-state index in [9.17, 15) is 22.6 Å².